The van der Waals surface area contributed by atoms with Crippen molar-refractivity contribution in [3.63, 3.8) is 0 Å². The van der Waals surface area contributed by atoms with Crippen molar-refractivity contribution in [2.24, 2.45) is 5.73 Å². The first-order chi connectivity index (χ1) is 8.15. The van der Waals surface area contributed by atoms with E-state index < -0.39 is 0 Å². The van der Waals surface area contributed by atoms with Crippen LogP contribution in [0, 0.1) is 0 Å². The number of methoxy groups -OCH3 is 2. The van der Waals surface area contributed by atoms with Crippen LogP contribution in [0.5, 0.6) is 11.5 Å². The molecule has 1 aromatic carbocycles. The third-order valence-electron chi connectivity index (χ3n) is 2.94. The molecular formula is C12H17ClN2O2. The van der Waals surface area contributed by atoms with E-state index in [0.717, 1.165) is 25.2 Å². The molecule has 2 N–H and O–H groups in total. The Labute approximate surface area is 106 Å². The SMILES string of the molecule is COc1ccc(CN2CC(N)C2)c(Cl)c1OC. The summed E-state index contributed by atoms with van der Waals surface area (Å²) >= 11 is 6.29. The van der Waals surface area contributed by atoms with E-state index in [9.17, 15) is 0 Å². The highest BCUT2D eigenvalue weighted by Crippen LogP contribution is 2.37. The van der Waals surface area contributed by atoms with Crippen molar-refractivity contribution in [2.45, 2.75) is 12.6 Å². The lowest BCUT2D eigenvalue weighted by atomic mass is 10.1. The average molecular weight is 257 g/mol. The number of halogens is 1. The second-order valence-corrected chi connectivity index (χ2v) is 4.61. The molecule has 0 aliphatic carbocycles. The van der Waals surface area contributed by atoms with Crippen LogP contribution in [-0.2, 0) is 6.54 Å². The second kappa shape index (κ2) is 5.12. The van der Waals surface area contributed by atoms with E-state index in [4.69, 9.17) is 26.8 Å². The predicted octanol–water partition coefficient (Wildman–Crippen LogP) is 1.50. The van der Waals surface area contributed by atoms with Crippen molar-refractivity contribution in [3.05, 3.63) is 22.7 Å². The second-order valence-electron chi connectivity index (χ2n) is 4.23. The van der Waals surface area contributed by atoms with Gasteiger partial charge in [0.2, 0.25) is 0 Å². The summed E-state index contributed by atoms with van der Waals surface area (Å²) in [7, 11) is 3.19. The summed E-state index contributed by atoms with van der Waals surface area (Å²) in [6.07, 6.45) is 0. The van der Waals surface area contributed by atoms with E-state index in [1.54, 1.807) is 14.2 Å². The number of rotatable bonds is 4. The smallest absolute Gasteiger partial charge is 0.179 e. The fourth-order valence-electron chi connectivity index (χ4n) is 2.03. The minimum Gasteiger partial charge on any atom is -0.493 e. The highest BCUT2D eigenvalue weighted by Gasteiger charge is 2.24. The number of ether oxygens (including phenoxy) is 2. The van der Waals surface area contributed by atoms with Gasteiger partial charge in [-0.3, -0.25) is 4.90 Å². The van der Waals surface area contributed by atoms with Crippen LogP contribution >= 0.6 is 11.6 Å². The Morgan fingerprint density at radius 1 is 1.35 bits per heavy atom. The normalized spacial score (nSPS) is 16.7. The maximum Gasteiger partial charge on any atom is 0.179 e. The van der Waals surface area contributed by atoms with Gasteiger partial charge < -0.3 is 15.2 Å². The molecule has 1 aliphatic rings. The minimum atomic E-state index is 0.300. The van der Waals surface area contributed by atoms with Crippen LogP contribution in [0.2, 0.25) is 5.02 Å². The topological polar surface area (TPSA) is 47.7 Å². The monoisotopic (exact) mass is 256 g/mol. The zero-order valence-electron chi connectivity index (χ0n) is 10.1. The van der Waals surface area contributed by atoms with Gasteiger partial charge in [-0.25, -0.2) is 0 Å². The number of likely N-dealkylation sites (tertiary alicyclic amines) is 1. The zero-order chi connectivity index (χ0) is 12.4. The third-order valence-corrected chi connectivity index (χ3v) is 3.36. The highest BCUT2D eigenvalue weighted by atomic mass is 35.5. The maximum absolute atomic E-state index is 6.29. The van der Waals surface area contributed by atoms with Crippen molar-refractivity contribution in [1.82, 2.24) is 4.90 Å². The largest absolute Gasteiger partial charge is 0.493 e. The van der Waals surface area contributed by atoms with Crippen LogP contribution < -0.4 is 15.2 Å². The summed E-state index contributed by atoms with van der Waals surface area (Å²) in [5.41, 5.74) is 6.78. The summed E-state index contributed by atoms with van der Waals surface area (Å²) in [5, 5.41) is 0.618. The molecule has 94 valence electrons. The molecule has 1 aliphatic heterocycles. The third kappa shape index (κ3) is 2.49. The van der Waals surface area contributed by atoms with Crippen molar-refractivity contribution in [2.75, 3.05) is 27.3 Å². The maximum atomic E-state index is 6.29. The number of hydrogen-bond acceptors (Lipinski definition) is 4. The lowest BCUT2D eigenvalue weighted by Gasteiger charge is -2.37. The molecule has 0 unspecified atom stereocenters. The van der Waals surface area contributed by atoms with Gasteiger partial charge in [0.05, 0.1) is 19.2 Å². The van der Waals surface area contributed by atoms with Crippen molar-refractivity contribution in [3.8, 4) is 11.5 Å². The number of nitrogens with two attached hydrogens (primary N) is 1. The Morgan fingerprint density at radius 2 is 2.06 bits per heavy atom. The number of nitrogens with zero attached hydrogens (tertiary/aromatic N) is 1. The summed E-state index contributed by atoms with van der Waals surface area (Å²) in [5.74, 6) is 1.25. The molecule has 1 aromatic rings. The molecule has 1 saturated heterocycles. The van der Waals surface area contributed by atoms with E-state index in [0.29, 0.717) is 22.6 Å². The van der Waals surface area contributed by atoms with Gasteiger partial charge in [0.1, 0.15) is 0 Å². The number of hydrogen-bond donors (Lipinski definition) is 1. The quantitative estimate of drug-likeness (QED) is 0.887. The molecule has 5 heteroatoms. The Hall–Kier alpha value is -0.970. The van der Waals surface area contributed by atoms with E-state index >= 15 is 0 Å². The molecule has 0 radical (unpaired) electrons. The van der Waals surface area contributed by atoms with Crippen molar-refractivity contribution >= 4 is 11.6 Å². The Balaban J connectivity index is 2.17. The Morgan fingerprint density at radius 3 is 2.59 bits per heavy atom. The molecular weight excluding hydrogens is 240 g/mol. The average Bonchev–Trinajstić information content (AvgIpc) is 2.29. The molecule has 4 nitrogen and oxygen atoms in total. The van der Waals surface area contributed by atoms with E-state index in [1.807, 2.05) is 12.1 Å². The van der Waals surface area contributed by atoms with Gasteiger partial charge >= 0.3 is 0 Å². The molecule has 1 fully saturated rings. The van der Waals surface area contributed by atoms with Gasteiger partial charge in [0, 0.05) is 25.7 Å². The van der Waals surface area contributed by atoms with Crippen LogP contribution in [0.3, 0.4) is 0 Å². The summed E-state index contributed by atoms with van der Waals surface area (Å²) in [6.45, 7) is 2.64. The fourth-order valence-corrected chi connectivity index (χ4v) is 2.33. The number of benzene rings is 1. The van der Waals surface area contributed by atoms with Crippen LogP contribution in [0.25, 0.3) is 0 Å². The van der Waals surface area contributed by atoms with Crippen LogP contribution in [-0.4, -0.2) is 38.3 Å². The van der Waals surface area contributed by atoms with Gasteiger partial charge in [-0.15, -0.1) is 0 Å². The Bertz CT molecular complexity index is 406. The first-order valence-electron chi connectivity index (χ1n) is 5.53. The molecule has 0 saturated carbocycles. The van der Waals surface area contributed by atoms with E-state index in [2.05, 4.69) is 4.90 Å². The molecule has 0 bridgehead atoms. The van der Waals surface area contributed by atoms with Crippen LogP contribution in [0.4, 0.5) is 0 Å². The van der Waals surface area contributed by atoms with Gasteiger partial charge in [-0.1, -0.05) is 17.7 Å². The highest BCUT2D eigenvalue weighted by molar-refractivity contribution is 6.33. The summed E-state index contributed by atoms with van der Waals surface area (Å²) < 4.78 is 10.5. The molecule has 0 spiro atoms. The first-order valence-corrected chi connectivity index (χ1v) is 5.90. The van der Waals surface area contributed by atoms with E-state index in [-0.39, 0.29) is 0 Å². The molecule has 2 rings (SSSR count). The van der Waals surface area contributed by atoms with Gasteiger partial charge in [0.25, 0.3) is 0 Å². The van der Waals surface area contributed by atoms with Crippen LogP contribution in [0.15, 0.2) is 12.1 Å². The summed E-state index contributed by atoms with van der Waals surface area (Å²) in [6, 6.07) is 4.14. The molecule has 0 amide bonds. The van der Waals surface area contributed by atoms with Gasteiger partial charge in [0.15, 0.2) is 11.5 Å². The first kappa shape index (κ1) is 12.5. The zero-order valence-corrected chi connectivity index (χ0v) is 10.8. The fraction of sp³-hybridized carbons (Fsp3) is 0.500. The lowest BCUT2D eigenvalue weighted by Crippen LogP contribution is -2.54. The molecule has 0 atom stereocenters. The molecule has 1 heterocycles. The minimum absolute atomic E-state index is 0.300. The lowest BCUT2D eigenvalue weighted by molar-refractivity contribution is 0.142. The molecule has 17 heavy (non-hydrogen) atoms. The Kier molecular flexibility index (Phi) is 3.76. The standard InChI is InChI=1S/C12H17ClN2O2/c1-16-10-4-3-8(11(13)12(10)17-2)5-15-6-9(14)7-15/h3-4,9H,5-7,14H2,1-2H3. The van der Waals surface area contributed by atoms with Gasteiger partial charge in [-0.2, -0.15) is 0 Å². The van der Waals surface area contributed by atoms with E-state index in [1.165, 1.54) is 0 Å². The van der Waals surface area contributed by atoms with Crippen molar-refractivity contribution < 1.29 is 9.47 Å². The molecule has 0 aromatic heterocycles. The van der Waals surface area contributed by atoms with Gasteiger partial charge in [-0.05, 0) is 11.6 Å². The summed E-state index contributed by atoms with van der Waals surface area (Å²) in [4.78, 5) is 2.25. The van der Waals surface area contributed by atoms with Crippen LogP contribution in [0.1, 0.15) is 5.56 Å². The predicted molar refractivity (Wildman–Crippen MR) is 67.8 cm³/mol. The van der Waals surface area contributed by atoms with Crippen molar-refractivity contribution in [1.29, 1.82) is 0 Å².